The number of aliphatic hydroxyl groups is 1. The van der Waals surface area contributed by atoms with Crippen LogP contribution in [0.2, 0.25) is 0 Å². The number of nitrogens with one attached hydrogen (secondary N) is 2. The molecule has 2 aliphatic heterocycles. The number of ether oxygens (including phenoxy) is 3. The van der Waals surface area contributed by atoms with E-state index in [1.807, 2.05) is 18.2 Å². The summed E-state index contributed by atoms with van der Waals surface area (Å²) in [5, 5.41) is 17.2. The molecule has 0 saturated carbocycles. The molecule has 3 aliphatic rings. The number of hydrogen-bond acceptors (Lipinski definition) is 10. The summed E-state index contributed by atoms with van der Waals surface area (Å²) in [5.74, 6) is -1.48. The van der Waals surface area contributed by atoms with Gasteiger partial charge in [-0.2, -0.15) is 0 Å². The number of hydrogen-bond donors (Lipinski definition) is 4. The number of primary amides is 1. The molecule has 13 heteroatoms. The predicted molar refractivity (Wildman–Crippen MR) is 225 cm³/mol. The minimum Gasteiger partial charge on any atom is -0.439 e. The van der Waals surface area contributed by atoms with E-state index >= 15 is 0 Å². The number of carbonyl (C=O) groups is 5. The van der Waals surface area contributed by atoms with Crippen molar-refractivity contribution in [3.05, 3.63) is 129 Å². The summed E-state index contributed by atoms with van der Waals surface area (Å²) in [6.45, 7) is 8.96. The first kappa shape index (κ1) is 45.2. The van der Waals surface area contributed by atoms with E-state index < -0.39 is 65.2 Å². The first-order chi connectivity index (χ1) is 28.6. The summed E-state index contributed by atoms with van der Waals surface area (Å²) in [6.07, 6.45) is 10.2. The average Bonchev–Trinajstić information content (AvgIpc) is 3.22. The molecule has 60 heavy (non-hydrogen) atoms. The standard InChI is InChI=1S/C47H54N4O9/c1-8-31-23-36-41(50-45(55)34-18-16-32(17-19-34)26-51-21-20-33-13-9-10-14-35(33)27-51)38(52)25-37(42(36)53)49-44(54)28(2)12-11-15-39(58-6)43(60-46(48)56)29(3)22-30(4)47(5,57)40(24-31)59-7/h1,9-19,22,25,30-31,39-40,43,57H,20-21,23-24,26-27H2,2-7H3,(H2,48,56)(H,49,54)(H,50,55)/b15-11-,28-12+,29-22+/t30-,31+,39-,40-,43-,47-/m0/s1. The van der Waals surface area contributed by atoms with E-state index in [4.69, 9.17) is 26.4 Å². The summed E-state index contributed by atoms with van der Waals surface area (Å²) in [4.78, 5) is 69.5. The number of methoxy groups -OCH3 is 2. The fourth-order valence-corrected chi connectivity index (χ4v) is 7.71. The minimum atomic E-state index is -1.58. The molecule has 2 heterocycles. The molecule has 1 aliphatic carbocycles. The van der Waals surface area contributed by atoms with Crippen molar-refractivity contribution in [2.24, 2.45) is 17.6 Å². The fourth-order valence-electron chi connectivity index (χ4n) is 7.71. The van der Waals surface area contributed by atoms with Crippen molar-refractivity contribution in [1.29, 1.82) is 0 Å². The van der Waals surface area contributed by atoms with E-state index in [0.717, 1.165) is 31.1 Å². The van der Waals surface area contributed by atoms with Gasteiger partial charge in [-0.25, -0.2) is 4.79 Å². The number of allylic oxidation sites excluding steroid dienone is 4. The highest BCUT2D eigenvalue weighted by molar-refractivity contribution is 6.24. The van der Waals surface area contributed by atoms with Crippen LogP contribution in [-0.4, -0.2) is 84.2 Å². The van der Waals surface area contributed by atoms with Gasteiger partial charge in [0.2, 0.25) is 11.6 Å². The molecule has 0 spiro atoms. The Hall–Kier alpha value is -5.91. The van der Waals surface area contributed by atoms with Gasteiger partial charge in [0.1, 0.15) is 6.10 Å². The van der Waals surface area contributed by atoms with E-state index in [-0.39, 0.29) is 40.9 Å². The molecule has 2 aromatic carbocycles. The van der Waals surface area contributed by atoms with Crippen LogP contribution in [0.3, 0.4) is 0 Å². The molecule has 0 unspecified atom stereocenters. The smallest absolute Gasteiger partial charge is 0.405 e. The van der Waals surface area contributed by atoms with Crippen LogP contribution in [0.25, 0.3) is 0 Å². The molecular formula is C47H54N4O9. The van der Waals surface area contributed by atoms with Crippen molar-refractivity contribution in [2.45, 2.75) is 84.0 Å². The number of terminal acetylenes is 1. The Morgan fingerprint density at radius 3 is 2.42 bits per heavy atom. The Morgan fingerprint density at radius 2 is 1.77 bits per heavy atom. The van der Waals surface area contributed by atoms with Crippen molar-refractivity contribution in [3.63, 3.8) is 0 Å². The Bertz CT molecular complexity index is 2190. The molecule has 316 valence electrons. The number of nitrogens with two attached hydrogens (primary N) is 1. The lowest BCUT2D eigenvalue weighted by Crippen LogP contribution is -2.47. The third-order valence-corrected chi connectivity index (χ3v) is 11.5. The normalized spacial score (nSPS) is 28.1. The number of ketones is 2. The van der Waals surface area contributed by atoms with Gasteiger partial charge in [-0.05, 0) is 74.4 Å². The number of carbonyl (C=O) groups excluding carboxylic acids is 5. The van der Waals surface area contributed by atoms with E-state index in [0.29, 0.717) is 12.1 Å². The van der Waals surface area contributed by atoms with Gasteiger partial charge in [-0.15, -0.1) is 12.3 Å². The Balaban J connectivity index is 1.46. The maximum Gasteiger partial charge on any atom is 0.405 e. The van der Waals surface area contributed by atoms with E-state index in [2.05, 4.69) is 39.7 Å². The molecule has 2 aromatic rings. The summed E-state index contributed by atoms with van der Waals surface area (Å²) in [7, 11) is 2.82. The van der Waals surface area contributed by atoms with Crippen molar-refractivity contribution >= 4 is 29.5 Å². The molecule has 0 aromatic heterocycles. The largest absolute Gasteiger partial charge is 0.439 e. The molecule has 0 fully saturated rings. The van der Waals surface area contributed by atoms with Crippen molar-refractivity contribution < 1.29 is 43.3 Å². The summed E-state index contributed by atoms with van der Waals surface area (Å²) < 4.78 is 16.9. The average molecular weight is 819 g/mol. The van der Waals surface area contributed by atoms with Crippen molar-refractivity contribution in [1.82, 2.24) is 15.5 Å². The van der Waals surface area contributed by atoms with Crippen LogP contribution in [0.15, 0.2) is 107 Å². The second kappa shape index (κ2) is 19.9. The maximum atomic E-state index is 14.2. The van der Waals surface area contributed by atoms with Crippen LogP contribution in [0, 0.1) is 24.2 Å². The third kappa shape index (κ3) is 10.8. The highest BCUT2D eigenvalue weighted by atomic mass is 16.6. The van der Waals surface area contributed by atoms with Gasteiger partial charge in [-0.3, -0.25) is 24.1 Å². The lowest BCUT2D eigenvalue weighted by Gasteiger charge is -2.37. The molecule has 5 rings (SSSR count). The fraction of sp³-hybridized carbons (Fsp3) is 0.383. The van der Waals surface area contributed by atoms with Gasteiger partial charge in [0.25, 0.3) is 11.8 Å². The molecular weight excluding hydrogens is 765 g/mol. The van der Waals surface area contributed by atoms with Crippen LogP contribution < -0.4 is 16.4 Å². The minimum absolute atomic E-state index is 0.0192. The topological polar surface area (TPSA) is 187 Å². The molecule has 13 nitrogen and oxygen atoms in total. The number of nitrogens with zero attached hydrogens (tertiary/aromatic N) is 1. The first-order valence-corrected chi connectivity index (χ1v) is 19.8. The lowest BCUT2D eigenvalue weighted by molar-refractivity contribution is -0.120. The molecule has 0 saturated heterocycles. The zero-order valence-corrected chi connectivity index (χ0v) is 35.0. The van der Waals surface area contributed by atoms with E-state index in [9.17, 15) is 29.1 Å². The number of Topliss-reactive ketones (excluding diaryl/α,β-unsaturated/α-hetero) is 1. The van der Waals surface area contributed by atoms with E-state index in [1.165, 1.54) is 44.4 Å². The SMILES string of the molecule is C#C[C@@H]1CC2=C(NC(=O)c3ccc(CN4CCc5ccccc5C4)cc3)C(=O)C=C(NC(=O)/C(C)=C/C=C\[C@H](OC)[C@@H](OC(N)=O)/C(C)=C/[C@H](C)[C@](C)(O)[C@@H](OC)C1)C2=O. The summed E-state index contributed by atoms with van der Waals surface area (Å²) >= 11 is 0. The molecule has 6 atom stereocenters. The predicted octanol–water partition coefficient (Wildman–Crippen LogP) is 4.75. The summed E-state index contributed by atoms with van der Waals surface area (Å²) in [5.41, 5.74) is 7.77. The van der Waals surface area contributed by atoms with Gasteiger partial charge < -0.3 is 35.7 Å². The van der Waals surface area contributed by atoms with Crippen LogP contribution in [0.1, 0.15) is 67.6 Å². The number of fused-ring (bicyclic) bond motifs is 3. The first-order valence-electron chi connectivity index (χ1n) is 19.8. The number of benzene rings is 2. The molecule has 5 N–H and O–H groups in total. The van der Waals surface area contributed by atoms with Crippen LogP contribution >= 0.6 is 0 Å². The molecule has 3 amide bonds. The van der Waals surface area contributed by atoms with Crippen molar-refractivity contribution in [2.75, 3.05) is 20.8 Å². The zero-order chi connectivity index (χ0) is 43.7. The highest BCUT2D eigenvalue weighted by Crippen LogP contribution is 2.34. The van der Waals surface area contributed by atoms with Crippen LogP contribution in [-0.2, 0) is 48.1 Å². The van der Waals surface area contributed by atoms with E-state index in [1.54, 1.807) is 45.1 Å². The Morgan fingerprint density at radius 1 is 1.07 bits per heavy atom. The van der Waals surface area contributed by atoms with Crippen LogP contribution in [0.5, 0.6) is 0 Å². The Kier molecular flexibility index (Phi) is 15.0. The monoisotopic (exact) mass is 818 g/mol. The van der Waals surface area contributed by atoms with Crippen LogP contribution in [0.4, 0.5) is 4.79 Å². The highest BCUT2D eigenvalue weighted by Gasteiger charge is 2.40. The zero-order valence-electron chi connectivity index (χ0n) is 35.0. The maximum absolute atomic E-state index is 14.2. The van der Waals surface area contributed by atoms with Crippen molar-refractivity contribution in [3.8, 4) is 12.3 Å². The van der Waals surface area contributed by atoms with Gasteiger partial charge in [0.15, 0.2) is 6.10 Å². The van der Waals surface area contributed by atoms with Gasteiger partial charge in [0, 0.05) is 68.5 Å². The third-order valence-electron chi connectivity index (χ3n) is 11.5. The van der Waals surface area contributed by atoms with Gasteiger partial charge >= 0.3 is 6.09 Å². The second-order valence-corrected chi connectivity index (χ2v) is 15.7. The molecule has 2 bridgehead atoms. The summed E-state index contributed by atoms with van der Waals surface area (Å²) in [6, 6.07) is 15.5. The number of amides is 3. The lowest BCUT2D eigenvalue weighted by atomic mass is 9.78. The quantitative estimate of drug-likeness (QED) is 0.173. The second-order valence-electron chi connectivity index (χ2n) is 15.7. The number of rotatable bonds is 7. The van der Waals surface area contributed by atoms with Gasteiger partial charge in [0.05, 0.1) is 23.1 Å². The Labute approximate surface area is 351 Å². The molecule has 0 radical (unpaired) electrons. The van der Waals surface area contributed by atoms with Gasteiger partial charge in [-0.1, -0.05) is 67.6 Å².